The summed E-state index contributed by atoms with van der Waals surface area (Å²) in [6, 6.07) is 12.0. The molecule has 0 aliphatic rings. The number of aromatic nitrogens is 1. The Labute approximate surface area is 101 Å². The second kappa shape index (κ2) is 5.34. The fourth-order valence-corrected chi connectivity index (χ4v) is 1.57. The zero-order valence-corrected chi connectivity index (χ0v) is 10.1. The lowest BCUT2D eigenvalue weighted by Gasteiger charge is -2.07. The van der Waals surface area contributed by atoms with Crippen molar-refractivity contribution in [3.8, 4) is 5.75 Å². The van der Waals surface area contributed by atoms with Crippen LogP contribution in [-0.2, 0) is 6.54 Å². The van der Waals surface area contributed by atoms with Gasteiger partial charge in [0.1, 0.15) is 11.6 Å². The smallest absolute Gasteiger partial charge is 0.126 e. The molecule has 0 bridgehead atoms. The number of pyridine rings is 1. The van der Waals surface area contributed by atoms with Crippen molar-refractivity contribution in [2.75, 3.05) is 12.4 Å². The average Bonchev–Trinajstić information content (AvgIpc) is 2.37. The molecule has 0 saturated heterocycles. The molecule has 0 radical (unpaired) electrons. The van der Waals surface area contributed by atoms with E-state index in [1.165, 1.54) is 11.1 Å². The Hall–Kier alpha value is -2.03. The minimum absolute atomic E-state index is 0.764. The van der Waals surface area contributed by atoms with E-state index in [0.717, 1.165) is 18.1 Å². The molecule has 1 aromatic carbocycles. The fraction of sp³-hybridized carbons (Fsp3) is 0.214. The summed E-state index contributed by atoms with van der Waals surface area (Å²) in [5.74, 6) is 1.78. The Morgan fingerprint density at radius 3 is 2.59 bits per heavy atom. The van der Waals surface area contributed by atoms with E-state index in [2.05, 4.69) is 17.2 Å². The van der Waals surface area contributed by atoms with Crippen molar-refractivity contribution in [3.05, 3.63) is 53.7 Å². The number of aryl methyl sites for hydroxylation is 1. The number of methoxy groups -OCH3 is 1. The van der Waals surface area contributed by atoms with Gasteiger partial charge in [0.25, 0.3) is 0 Å². The molecule has 0 atom stereocenters. The van der Waals surface area contributed by atoms with Crippen LogP contribution in [0, 0.1) is 6.92 Å². The molecule has 17 heavy (non-hydrogen) atoms. The van der Waals surface area contributed by atoms with Crippen molar-refractivity contribution in [2.24, 2.45) is 0 Å². The van der Waals surface area contributed by atoms with Gasteiger partial charge in [0.2, 0.25) is 0 Å². The first-order chi connectivity index (χ1) is 8.28. The molecule has 2 rings (SSSR count). The van der Waals surface area contributed by atoms with Crippen LogP contribution in [0.2, 0.25) is 0 Å². The van der Waals surface area contributed by atoms with Gasteiger partial charge in [-0.05, 0) is 42.3 Å². The number of rotatable bonds is 4. The van der Waals surface area contributed by atoms with Gasteiger partial charge in [0, 0.05) is 12.7 Å². The first kappa shape index (κ1) is 11.5. The summed E-state index contributed by atoms with van der Waals surface area (Å²) in [5, 5.41) is 3.29. The summed E-state index contributed by atoms with van der Waals surface area (Å²) in [4.78, 5) is 4.25. The van der Waals surface area contributed by atoms with Crippen molar-refractivity contribution in [2.45, 2.75) is 13.5 Å². The zero-order chi connectivity index (χ0) is 12.1. The van der Waals surface area contributed by atoms with Gasteiger partial charge in [-0.3, -0.25) is 0 Å². The third kappa shape index (κ3) is 3.21. The van der Waals surface area contributed by atoms with Crippen LogP contribution in [0.5, 0.6) is 5.75 Å². The van der Waals surface area contributed by atoms with Gasteiger partial charge in [-0.25, -0.2) is 4.98 Å². The predicted octanol–water partition coefficient (Wildman–Crippen LogP) is 3.01. The molecule has 1 heterocycles. The molecule has 2 aromatic rings. The molecule has 3 heteroatoms. The average molecular weight is 228 g/mol. The van der Waals surface area contributed by atoms with Crippen LogP contribution in [0.4, 0.5) is 5.82 Å². The lowest BCUT2D eigenvalue weighted by Crippen LogP contribution is -2.01. The number of nitrogens with zero attached hydrogens (tertiary/aromatic N) is 1. The summed E-state index contributed by atoms with van der Waals surface area (Å²) in [7, 11) is 1.67. The standard InChI is InChI=1S/C14H16N2O/c1-11-7-8-15-14(9-11)16-10-12-3-5-13(17-2)6-4-12/h3-9H,10H2,1-2H3,(H,15,16). The lowest BCUT2D eigenvalue weighted by atomic mass is 10.2. The molecule has 1 aromatic heterocycles. The van der Waals surface area contributed by atoms with E-state index in [0.29, 0.717) is 0 Å². The predicted molar refractivity (Wildman–Crippen MR) is 69.3 cm³/mol. The van der Waals surface area contributed by atoms with Crippen molar-refractivity contribution in [1.29, 1.82) is 0 Å². The second-order valence-electron chi connectivity index (χ2n) is 3.92. The van der Waals surface area contributed by atoms with E-state index < -0.39 is 0 Å². The highest BCUT2D eigenvalue weighted by molar-refractivity contribution is 5.38. The SMILES string of the molecule is COc1ccc(CNc2cc(C)ccn2)cc1. The largest absolute Gasteiger partial charge is 0.497 e. The van der Waals surface area contributed by atoms with Gasteiger partial charge in [0.15, 0.2) is 0 Å². The molecule has 0 aliphatic carbocycles. The summed E-state index contributed by atoms with van der Waals surface area (Å²) in [5.41, 5.74) is 2.41. The maximum Gasteiger partial charge on any atom is 0.126 e. The molecule has 0 amide bonds. The lowest BCUT2D eigenvalue weighted by molar-refractivity contribution is 0.414. The first-order valence-corrected chi connectivity index (χ1v) is 5.57. The number of ether oxygens (including phenoxy) is 1. The van der Waals surface area contributed by atoms with Crippen LogP contribution in [0.15, 0.2) is 42.6 Å². The topological polar surface area (TPSA) is 34.1 Å². The van der Waals surface area contributed by atoms with Crippen LogP contribution in [0.1, 0.15) is 11.1 Å². The van der Waals surface area contributed by atoms with Crippen LogP contribution < -0.4 is 10.1 Å². The Morgan fingerprint density at radius 1 is 1.18 bits per heavy atom. The molecule has 0 fully saturated rings. The molecule has 88 valence electrons. The Balaban J connectivity index is 1.97. The van der Waals surface area contributed by atoms with Crippen LogP contribution in [0.3, 0.4) is 0 Å². The van der Waals surface area contributed by atoms with E-state index in [4.69, 9.17) is 4.74 Å². The highest BCUT2D eigenvalue weighted by Crippen LogP contribution is 2.13. The van der Waals surface area contributed by atoms with E-state index in [9.17, 15) is 0 Å². The quantitative estimate of drug-likeness (QED) is 0.873. The second-order valence-corrected chi connectivity index (χ2v) is 3.92. The maximum absolute atomic E-state index is 5.11. The van der Waals surface area contributed by atoms with E-state index in [-0.39, 0.29) is 0 Å². The number of anilines is 1. The molecule has 0 saturated carbocycles. The van der Waals surface area contributed by atoms with Gasteiger partial charge in [-0.1, -0.05) is 12.1 Å². The fourth-order valence-electron chi connectivity index (χ4n) is 1.57. The van der Waals surface area contributed by atoms with Crippen LogP contribution in [-0.4, -0.2) is 12.1 Å². The van der Waals surface area contributed by atoms with E-state index in [1.54, 1.807) is 7.11 Å². The third-order valence-corrected chi connectivity index (χ3v) is 2.55. The minimum Gasteiger partial charge on any atom is -0.497 e. The van der Waals surface area contributed by atoms with Gasteiger partial charge in [0.05, 0.1) is 7.11 Å². The van der Waals surface area contributed by atoms with Gasteiger partial charge >= 0.3 is 0 Å². The van der Waals surface area contributed by atoms with Crippen LogP contribution in [0.25, 0.3) is 0 Å². The molecule has 0 spiro atoms. The highest BCUT2D eigenvalue weighted by Gasteiger charge is 1.96. The molecule has 0 aliphatic heterocycles. The number of nitrogens with one attached hydrogen (secondary N) is 1. The number of benzene rings is 1. The number of hydrogen-bond donors (Lipinski definition) is 1. The molecule has 1 N–H and O–H groups in total. The molecule has 3 nitrogen and oxygen atoms in total. The van der Waals surface area contributed by atoms with Crippen molar-refractivity contribution in [1.82, 2.24) is 4.98 Å². The number of hydrogen-bond acceptors (Lipinski definition) is 3. The zero-order valence-electron chi connectivity index (χ0n) is 10.1. The third-order valence-electron chi connectivity index (χ3n) is 2.55. The minimum atomic E-state index is 0.764. The summed E-state index contributed by atoms with van der Waals surface area (Å²) in [6.07, 6.45) is 1.81. The van der Waals surface area contributed by atoms with Crippen molar-refractivity contribution in [3.63, 3.8) is 0 Å². The summed E-state index contributed by atoms with van der Waals surface area (Å²) in [6.45, 7) is 2.82. The monoisotopic (exact) mass is 228 g/mol. The van der Waals surface area contributed by atoms with Crippen molar-refractivity contribution >= 4 is 5.82 Å². The molecule has 0 unspecified atom stereocenters. The Bertz CT molecular complexity index is 480. The maximum atomic E-state index is 5.11. The Kier molecular flexibility index (Phi) is 3.60. The van der Waals surface area contributed by atoms with E-state index in [1.807, 2.05) is 42.6 Å². The van der Waals surface area contributed by atoms with Gasteiger partial charge in [-0.2, -0.15) is 0 Å². The van der Waals surface area contributed by atoms with E-state index >= 15 is 0 Å². The first-order valence-electron chi connectivity index (χ1n) is 5.57. The molecular weight excluding hydrogens is 212 g/mol. The highest BCUT2D eigenvalue weighted by atomic mass is 16.5. The molecular formula is C14H16N2O. The summed E-state index contributed by atoms with van der Waals surface area (Å²) < 4.78 is 5.11. The van der Waals surface area contributed by atoms with Crippen molar-refractivity contribution < 1.29 is 4.74 Å². The van der Waals surface area contributed by atoms with Gasteiger partial charge in [-0.15, -0.1) is 0 Å². The van der Waals surface area contributed by atoms with Crippen LogP contribution >= 0.6 is 0 Å². The normalized spacial score (nSPS) is 10.0. The summed E-state index contributed by atoms with van der Waals surface area (Å²) >= 11 is 0. The Morgan fingerprint density at radius 2 is 1.94 bits per heavy atom. The van der Waals surface area contributed by atoms with Gasteiger partial charge < -0.3 is 10.1 Å².